The van der Waals surface area contributed by atoms with Gasteiger partial charge >= 0.3 is 0 Å². The van der Waals surface area contributed by atoms with Crippen LogP contribution in [0.5, 0.6) is 0 Å². The topological polar surface area (TPSA) is 9.23 Å². The highest BCUT2D eigenvalue weighted by molar-refractivity contribution is 4.95. The van der Waals surface area contributed by atoms with Gasteiger partial charge in [0, 0.05) is 0 Å². The van der Waals surface area contributed by atoms with Crippen molar-refractivity contribution in [3.63, 3.8) is 0 Å². The summed E-state index contributed by atoms with van der Waals surface area (Å²) in [5, 5.41) is 0. The maximum Gasteiger partial charge on any atom is 0.157 e. The minimum atomic E-state index is -1.61. The van der Waals surface area contributed by atoms with Crippen molar-refractivity contribution in [2.45, 2.75) is 116 Å². The maximum absolute atomic E-state index is 15.1. The van der Waals surface area contributed by atoms with Gasteiger partial charge in [-0.1, -0.05) is 46.0 Å². The summed E-state index contributed by atoms with van der Waals surface area (Å²) >= 11 is 0. The SMILES string of the molecule is C#CC(CC)OC(C)C(F)C(F)C(CC)C1CCC(C2CCC(C)CC2)CC1. The second kappa shape index (κ2) is 11.5. The Morgan fingerprint density at radius 2 is 1.43 bits per heavy atom. The minimum Gasteiger partial charge on any atom is -0.359 e. The van der Waals surface area contributed by atoms with Crippen LogP contribution in [0.4, 0.5) is 8.78 Å². The molecule has 2 rings (SSSR count). The second-order valence-electron chi connectivity index (χ2n) is 9.56. The van der Waals surface area contributed by atoms with Crippen LogP contribution in [0, 0.1) is 41.9 Å². The molecule has 0 bridgehead atoms. The molecule has 0 amide bonds. The minimum absolute atomic E-state index is 0.209. The molecule has 2 saturated carbocycles. The predicted octanol–water partition coefficient (Wildman–Crippen LogP) is 7.14. The van der Waals surface area contributed by atoms with Crippen molar-refractivity contribution in [2.75, 3.05) is 0 Å². The third kappa shape index (κ3) is 6.19. The first kappa shape index (κ1) is 23.7. The molecule has 2 aliphatic carbocycles. The molecule has 0 radical (unpaired) electrons. The van der Waals surface area contributed by atoms with Gasteiger partial charge in [-0.2, -0.15) is 0 Å². The highest BCUT2D eigenvalue weighted by Crippen LogP contribution is 2.44. The molecule has 1 nitrogen and oxygen atoms in total. The molecular weight excluding hydrogens is 354 g/mol. The van der Waals surface area contributed by atoms with E-state index in [1.807, 2.05) is 13.8 Å². The number of hydrogen-bond donors (Lipinski definition) is 0. The molecule has 0 aliphatic heterocycles. The lowest BCUT2D eigenvalue weighted by Gasteiger charge is -2.40. The van der Waals surface area contributed by atoms with Crippen molar-refractivity contribution in [3.05, 3.63) is 0 Å². The van der Waals surface area contributed by atoms with Gasteiger partial charge in [-0.3, -0.25) is 0 Å². The summed E-state index contributed by atoms with van der Waals surface area (Å²) in [5.74, 6) is 5.17. The Hall–Kier alpha value is -0.620. The molecule has 0 saturated heterocycles. The summed E-state index contributed by atoms with van der Waals surface area (Å²) in [4.78, 5) is 0. The van der Waals surface area contributed by atoms with E-state index in [0.717, 1.165) is 30.6 Å². The van der Waals surface area contributed by atoms with Crippen LogP contribution in [-0.2, 0) is 4.74 Å². The standard InChI is InChI=1S/C25H42F2O/c1-6-22(7-2)28-18(5)24(26)25(27)23(8-3)21-15-13-20(14-16-21)19-11-9-17(4)10-12-19/h1,17-25H,7-16H2,2-5H3. The zero-order valence-corrected chi connectivity index (χ0v) is 18.5. The van der Waals surface area contributed by atoms with E-state index in [1.54, 1.807) is 6.92 Å². The van der Waals surface area contributed by atoms with Crippen molar-refractivity contribution >= 4 is 0 Å². The molecule has 2 fully saturated rings. The van der Waals surface area contributed by atoms with Crippen LogP contribution >= 0.6 is 0 Å². The smallest absolute Gasteiger partial charge is 0.157 e. The molecular formula is C25H42F2O. The van der Waals surface area contributed by atoms with E-state index in [9.17, 15) is 4.39 Å². The Bertz CT molecular complexity index is 471. The molecule has 5 unspecified atom stereocenters. The van der Waals surface area contributed by atoms with Crippen LogP contribution in [0.3, 0.4) is 0 Å². The molecule has 0 aromatic heterocycles. The Morgan fingerprint density at radius 3 is 1.89 bits per heavy atom. The van der Waals surface area contributed by atoms with E-state index in [-0.39, 0.29) is 5.92 Å². The Labute approximate surface area is 172 Å². The van der Waals surface area contributed by atoms with E-state index in [1.165, 1.54) is 38.5 Å². The van der Waals surface area contributed by atoms with Gasteiger partial charge in [0.15, 0.2) is 6.17 Å². The average molecular weight is 397 g/mol. The van der Waals surface area contributed by atoms with Gasteiger partial charge in [-0.15, -0.1) is 6.42 Å². The number of hydrogen-bond acceptors (Lipinski definition) is 1. The van der Waals surface area contributed by atoms with E-state index in [2.05, 4.69) is 12.8 Å². The van der Waals surface area contributed by atoms with Gasteiger partial charge in [0.05, 0.1) is 6.10 Å². The third-order valence-corrected chi connectivity index (χ3v) is 7.72. The quantitative estimate of drug-likeness (QED) is 0.376. The fourth-order valence-electron chi connectivity index (χ4n) is 5.70. The maximum atomic E-state index is 15.1. The summed E-state index contributed by atoms with van der Waals surface area (Å²) in [6.07, 6.45) is 12.4. The van der Waals surface area contributed by atoms with Crippen LogP contribution in [0.1, 0.15) is 91.9 Å². The van der Waals surface area contributed by atoms with Gasteiger partial charge in [0.1, 0.15) is 12.3 Å². The Balaban J connectivity index is 1.86. The highest BCUT2D eigenvalue weighted by atomic mass is 19.2. The lowest BCUT2D eigenvalue weighted by Crippen LogP contribution is -2.41. The average Bonchev–Trinajstić information content (AvgIpc) is 2.72. The van der Waals surface area contributed by atoms with Crippen LogP contribution in [0.2, 0.25) is 0 Å². The van der Waals surface area contributed by atoms with E-state index >= 15 is 4.39 Å². The molecule has 0 heterocycles. The summed E-state index contributed by atoms with van der Waals surface area (Å²) in [7, 11) is 0. The highest BCUT2D eigenvalue weighted by Gasteiger charge is 2.40. The van der Waals surface area contributed by atoms with Crippen LogP contribution in [0.15, 0.2) is 0 Å². The number of alkyl halides is 2. The number of terminal acetylenes is 1. The number of rotatable bonds is 9. The van der Waals surface area contributed by atoms with E-state index in [0.29, 0.717) is 18.8 Å². The monoisotopic (exact) mass is 396 g/mol. The molecule has 2 aliphatic rings. The number of halogens is 2. The Kier molecular flexibility index (Phi) is 9.75. The zero-order chi connectivity index (χ0) is 20.7. The molecule has 0 spiro atoms. The molecule has 3 heteroatoms. The number of ether oxygens (including phenoxy) is 1. The van der Waals surface area contributed by atoms with Crippen molar-refractivity contribution in [1.29, 1.82) is 0 Å². The zero-order valence-electron chi connectivity index (χ0n) is 18.5. The first-order valence-corrected chi connectivity index (χ1v) is 11.8. The summed E-state index contributed by atoms with van der Waals surface area (Å²) in [5.41, 5.74) is 0. The van der Waals surface area contributed by atoms with Gasteiger partial charge in [-0.25, -0.2) is 8.78 Å². The first-order valence-electron chi connectivity index (χ1n) is 11.8. The van der Waals surface area contributed by atoms with Gasteiger partial charge < -0.3 is 4.74 Å². The molecule has 0 N–H and O–H groups in total. The summed E-state index contributed by atoms with van der Waals surface area (Å²) < 4.78 is 35.6. The predicted molar refractivity (Wildman–Crippen MR) is 114 cm³/mol. The van der Waals surface area contributed by atoms with Crippen LogP contribution < -0.4 is 0 Å². The lowest BCUT2D eigenvalue weighted by molar-refractivity contribution is -0.0624. The Morgan fingerprint density at radius 1 is 0.893 bits per heavy atom. The summed E-state index contributed by atoms with van der Waals surface area (Å²) in [6, 6.07) is 0. The molecule has 5 atom stereocenters. The fourth-order valence-corrected chi connectivity index (χ4v) is 5.70. The van der Waals surface area contributed by atoms with Gasteiger partial charge in [0.25, 0.3) is 0 Å². The molecule has 0 aromatic rings. The van der Waals surface area contributed by atoms with E-state index in [4.69, 9.17) is 11.2 Å². The summed E-state index contributed by atoms with van der Waals surface area (Å²) in [6.45, 7) is 7.88. The fraction of sp³-hybridized carbons (Fsp3) is 0.920. The lowest BCUT2D eigenvalue weighted by atomic mass is 9.66. The molecule has 0 aromatic carbocycles. The van der Waals surface area contributed by atoms with Crippen molar-refractivity contribution < 1.29 is 13.5 Å². The third-order valence-electron chi connectivity index (χ3n) is 7.72. The first-order chi connectivity index (χ1) is 13.4. The van der Waals surface area contributed by atoms with Crippen molar-refractivity contribution in [2.24, 2.45) is 29.6 Å². The van der Waals surface area contributed by atoms with Crippen LogP contribution in [-0.4, -0.2) is 24.6 Å². The van der Waals surface area contributed by atoms with Gasteiger partial charge in [-0.05, 0) is 81.5 Å². The molecule has 162 valence electrons. The normalized spacial score (nSPS) is 34.0. The van der Waals surface area contributed by atoms with E-state index < -0.39 is 24.6 Å². The van der Waals surface area contributed by atoms with Crippen LogP contribution in [0.25, 0.3) is 0 Å². The molecule has 28 heavy (non-hydrogen) atoms. The second-order valence-corrected chi connectivity index (χ2v) is 9.56. The largest absolute Gasteiger partial charge is 0.359 e. The van der Waals surface area contributed by atoms with Gasteiger partial charge in [0.2, 0.25) is 0 Å². The van der Waals surface area contributed by atoms with Crippen molar-refractivity contribution in [1.82, 2.24) is 0 Å². The van der Waals surface area contributed by atoms with Crippen molar-refractivity contribution in [3.8, 4) is 12.3 Å².